The maximum Gasteiger partial charge on any atom is 0.366 e. The van der Waals surface area contributed by atoms with Crippen LogP contribution in [0.5, 0.6) is 0 Å². The van der Waals surface area contributed by atoms with Gasteiger partial charge in [-0.1, -0.05) is 71.1 Å². The predicted molar refractivity (Wildman–Crippen MR) is 119 cm³/mol. The van der Waals surface area contributed by atoms with E-state index in [9.17, 15) is 0 Å². The summed E-state index contributed by atoms with van der Waals surface area (Å²) in [5, 5.41) is 0. The van der Waals surface area contributed by atoms with Gasteiger partial charge in [0.05, 0.1) is 0 Å². The van der Waals surface area contributed by atoms with Crippen molar-refractivity contribution in [2.45, 2.75) is 134 Å². The maximum atomic E-state index is 4.23. The first-order valence-electron chi connectivity index (χ1n) is 12.4. The summed E-state index contributed by atoms with van der Waals surface area (Å²) in [5.74, 6) is 0. The van der Waals surface area contributed by atoms with Gasteiger partial charge in [-0.05, 0) is 51.5 Å². The monoisotopic (exact) mass is 394 g/mol. The number of hydrogen-bond donors (Lipinski definition) is 4. The maximum absolute atomic E-state index is 4.23. The molecule has 0 aromatic heterocycles. The Balaban J connectivity index is 1.71. The molecule has 3 rings (SSSR count). The van der Waals surface area contributed by atoms with Crippen molar-refractivity contribution in [3.63, 3.8) is 0 Å². The second kappa shape index (κ2) is 11.9. The molecule has 0 aromatic carbocycles. The Morgan fingerprint density at radius 1 is 0.593 bits per heavy atom. The zero-order chi connectivity index (χ0) is 18.8. The summed E-state index contributed by atoms with van der Waals surface area (Å²) >= 11 is 0. The summed E-state index contributed by atoms with van der Waals surface area (Å²) in [4.78, 5) is 16.8. The molecular weight excluding hydrogens is 348 g/mol. The van der Waals surface area contributed by atoms with Crippen LogP contribution in [0.3, 0.4) is 0 Å². The van der Waals surface area contributed by atoms with Gasteiger partial charge in [-0.15, -0.1) is 0 Å². The first-order chi connectivity index (χ1) is 13.3. The van der Waals surface area contributed by atoms with Gasteiger partial charge in [0, 0.05) is 18.1 Å². The third kappa shape index (κ3) is 7.43. The molecule has 0 aliphatic heterocycles. The Hall–Kier alpha value is 0.0569. The Labute approximate surface area is 169 Å². The van der Waals surface area contributed by atoms with Crippen LogP contribution >= 0.6 is 0 Å². The van der Waals surface area contributed by atoms with Crippen LogP contribution in [0.25, 0.3) is 0 Å². The fraction of sp³-hybridized carbons (Fsp3) is 1.00. The third-order valence-electron chi connectivity index (χ3n) is 7.00. The van der Waals surface area contributed by atoms with Crippen molar-refractivity contribution in [1.29, 1.82) is 0 Å². The minimum absolute atomic E-state index is 0.701. The van der Waals surface area contributed by atoms with Crippen molar-refractivity contribution in [2.75, 3.05) is 6.54 Å². The van der Waals surface area contributed by atoms with Gasteiger partial charge in [-0.25, -0.2) is 0 Å². The van der Waals surface area contributed by atoms with E-state index in [0.29, 0.717) is 18.1 Å². The lowest BCUT2D eigenvalue weighted by molar-refractivity contribution is 0.359. The minimum Gasteiger partial charge on any atom is -0.301 e. The molecule has 0 saturated heterocycles. The van der Waals surface area contributed by atoms with Gasteiger partial charge in [-0.2, -0.15) is 0 Å². The van der Waals surface area contributed by atoms with Crippen LogP contribution in [0.15, 0.2) is 0 Å². The van der Waals surface area contributed by atoms with Crippen molar-refractivity contribution in [1.82, 2.24) is 19.9 Å². The number of nitrogens with one attached hydrogen (secondary N) is 4. The average molecular weight is 395 g/mol. The highest BCUT2D eigenvalue weighted by Crippen LogP contribution is 2.22. The second-order valence-electron chi connectivity index (χ2n) is 9.47. The van der Waals surface area contributed by atoms with Crippen molar-refractivity contribution in [2.24, 2.45) is 0 Å². The van der Waals surface area contributed by atoms with Gasteiger partial charge in [-0.3, -0.25) is 14.9 Å². The van der Waals surface area contributed by atoms with Crippen LogP contribution in [-0.4, -0.2) is 33.4 Å². The van der Waals surface area contributed by atoms with Crippen molar-refractivity contribution < 1.29 is 0 Å². The molecule has 0 spiro atoms. The highest BCUT2D eigenvalue weighted by atomic mass is 28.4. The zero-order valence-corrected chi connectivity index (χ0v) is 19.0. The van der Waals surface area contributed by atoms with E-state index in [1.807, 2.05) is 0 Å². The second-order valence-corrected chi connectivity index (χ2v) is 12.2. The zero-order valence-electron chi connectivity index (χ0n) is 18.0. The Bertz CT molecular complexity index is 337. The molecule has 0 bridgehead atoms. The van der Waals surface area contributed by atoms with Gasteiger partial charge in [0.1, 0.15) is 0 Å². The van der Waals surface area contributed by atoms with Gasteiger partial charge in [0.2, 0.25) is 0 Å². The van der Waals surface area contributed by atoms with E-state index in [-0.39, 0.29) is 0 Å². The molecule has 3 aliphatic carbocycles. The molecule has 4 nitrogen and oxygen atoms in total. The van der Waals surface area contributed by atoms with Gasteiger partial charge in [0.15, 0.2) is 0 Å². The minimum atomic E-state index is -2.09. The standard InChI is InChI=1S/C22H46N4Si/c1-2-3-19-23-27(24-20-13-7-4-8-14-20,25-21-15-9-5-10-16-21)26-22-17-11-6-12-18-22/h20-26H,2-19H2,1H3. The lowest BCUT2D eigenvalue weighted by Crippen LogP contribution is -2.85. The number of rotatable bonds is 10. The molecule has 0 amide bonds. The third-order valence-corrected chi connectivity index (χ3v) is 10.3. The normalized spacial score (nSPS) is 24.3. The Kier molecular flexibility index (Phi) is 9.60. The molecule has 27 heavy (non-hydrogen) atoms. The first kappa shape index (κ1) is 21.8. The SMILES string of the molecule is CCCCN[Si](NC1CCCCC1)(NC1CCCCC1)NC1CCCCC1. The fourth-order valence-corrected chi connectivity index (χ4v) is 9.20. The molecule has 158 valence electrons. The summed E-state index contributed by atoms with van der Waals surface area (Å²) in [6, 6.07) is 2.10. The van der Waals surface area contributed by atoms with Crippen molar-refractivity contribution >= 4 is 8.72 Å². The van der Waals surface area contributed by atoms with Crippen LogP contribution in [0.1, 0.15) is 116 Å². The summed E-state index contributed by atoms with van der Waals surface area (Å²) in [6.45, 7) is 3.45. The molecule has 5 heteroatoms. The first-order valence-corrected chi connectivity index (χ1v) is 14.4. The van der Waals surface area contributed by atoms with E-state index in [2.05, 4.69) is 26.9 Å². The van der Waals surface area contributed by atoms with Crippen molar-refractivity contribution in [3.8, 4) is 0 Å². The van der Waals surface area contributed by atoms with E-state index >= 15 is 0 Å². The van der Waals surface area contributed by atoms with E-state index in [4.69, 9.17) is 0 Å². The molecule has 0 atom stereocenters. The number of hydrogen-bond acceptors (Lipinski definition) is 4. The summed E-state index contributed by atoms with van der Waals surface area (Å²) in [6.07, 6.45) is 23.5. The molecule has 3 fully saturated rings. The van der Waals surface area contributed by atoms with Gasteiger partial charge in [0.25, 0.3) is 0 Å². The predicted octanol–water partition coefficient (Wildman–Crippen LogP) is 4.58. The van der Waals surface area contributed by atoms with Gasteiger partial charge >= 0.3 is 8.72 Å². The molecule has 0 unspecified atom stereocenters. The fourth-order valence-electron chi connectivity index (χ4n) is 5.39. The molecule has 0 aromatic rings. The molecular formula is C22H46N4Si. The summed E-state index contributed by atoms with van der Waals surface area (Å²) in [5.41, 5.74) is 0. The Morgan fingerprint density at radius 2 is 0.963 bits per heavy atom. The van der Waals surface area contributed by atoms with E-state index < -0.39 is 8.72 Å². The largest absolute Gasteiger partial charge is 0.366 e. The lowest BCUT2D eigenvalue weighted by Gasteiger charge is -2.44. The smallest absolute Gasteiger partial charge is 0.301 e. The van der Waals surface area contributed by atoms with Crippen molar-refractivity contribution in [3.05, 3.63) is 0 Å². The average Bonchev–Trinajstić information content (AvgIpc) is 2.70. The van der Waals surface area contributed by atoms with E-state index in [0.717, 1.165) is 6.54 Å². The highest BCUT2D eigenvalue weighted by Gasteiger charge is 2.41. The van der Waals surface area contributed by atoms with Crippen LogP contribution in [0.2, 0.25) is 0 Å². The van der Waals surface area contributed by atoms with Gasteiger partial charge < -0.3 is 4.98 Å². The molecule has 0 radical (unpaired) electrons. The topological polar surface area (TPSA) is 48.1 Å². The van der Waals surface area contributed by atoms with E-state index in [1.54, 1.807) is 0 Å². The van der Waals surface area contributed by atoms with Crippen LogP contribution in [-0.2, 0) is 0 Å². The quantitative estimate of drug-likeness (QED) is 0.324. The lowest BCUT2D eigenvalue weighted by atomic mass is 9.96. The molecule has 0 heterocycles. The van der Waals surface area contributed by atoms with Crippen LogP contribution < -0.4 is 19.9 Å². The van der Waals surface area contributed by atoms with Crippen LogP contribution in [0, 0.1) is 0 Å². The Morgan fingerprint density at radius 3 is 1.30 bits per heavy atom. The van der Waals surface area contributed by atoms with E-state index in [1.165, 1.54) is 109 Å². The molecule has 3 saturated carbocycles. The molecule has 3 aliphatic rings. The van der Waals surface area contributed by atoms with Crippen LogP contribution in [0.4, 0.5) is 0 Å². The summed E-state index contributed by atoms with van der Waals surface area (Å²) < 4.78 is 0. The number of unbranched alkanes of at least 4 members (excludes halogenated alkanes) is 1. The molecule has 4 N–H and O–H groups in total. The summed E-state index contributed by atoms with van der Waals surface area (Å²) in [7, 11) is -2.09. The highest BCUT2D eigenvalue weighted by molar-refractivity contribution is 6.70.